The molecule has 1 amide bonds. The lowest BCUT2D eigenvalue weighted by molar-refractivity contribution is -0.111. The molecule has 0 spiro atoms. The van der Waals surface area contributed by atoms with Gasteiger partial charge in [0.2, 0.25) is 15.9 Å². The Hall–Kier alpha value is -4.21. The zero-order valence-corrected chi connectivity index (χ0v) is 20.4. The van der Waals surface area contributed by atoms with Crippen molar-refractivity contribution in [2.45, 2.75) is 18.0 Å². The summed E-state index contributed by atoms with van der Waals surface area (Å²) in [5.41, 5.74) is 2.27. The summed E-state index contributed by atoms with van der Waals surface area (Å²) < 4.78 is 55.4. The molecule has 4 aromatic rings. The summed E-state index contributed by atoms with van der Waals surface area (Å²) in [6.45, 7) is -0.132. The van der Waals surface area contributed by atoms with Gasteiger partial charge in [-0.05, 0) is 83.4 Å². The smallest absolute Gasteiger partial charge is 0.248 e. The van der Waals surface area contributed by atoms with Crippen LogP contribution < -0.4 is 5.32 Å². The quantitative estimate of drug-likeness (QED) is 0.300. The van der Waals surface area contributed by atoms with Gasteiger partial charge in [0, 0.05) is 37.2 Å². The molecule has 0 radical (unpaired) electrons. The normalized spacial score (nSPS) is 11.6. The molecule has 4 rings (SSSR count). The van der Waals surface area contributed by atoms with Crippen LogP contribution >= 0.6 is 0 Å². The Labute approximate surface area is 214 Å². The van der Waals surface area contributed by atoms with Crippen LogP contribution in [-0.4, -0.2) is 23.6 Å². The molecule has 0 aliphatic heterocycles. The molecular weight excluding hydrogens is 496 g/mol. The Morgan fingerprint density at radius 3 is 2.19 bits per heavy atom. The lowest BCUT2D eigenvalue weighted by Gasteiger charge is -2.23. The molecule has 1 aromatic heterocycles. The molecule has 3 aromatic carbocycles. The third kappa shape index (κ3) is 7.16. The van der Waals surface area contributed by atoms with Gasteiger partial charge in [0.05, 0.1) is 4.90 Å². The van der Waals surface area contributed by atoms with E-state index in [4.69, 9.17) is 0 Å². The molecule has 0 fully saturated rings. The molecular formula is C28H23F2N3O3S. The monoisotopic (exact) mass is 519 g/mol. The highest BCUT2D eigenvalue weighted by Gasteiger charge is 2.25. The summed E-state index contributed by atoms with van der Waals surface area (Å²) in [6.07, 6.45) is 6.23. The summed E-state index contributed by atoms with van der Waals surface area (Å²) in [5, 5.41) is 2.68. The summed E-state index contributed by atoms with van der Waals surface area (Å²) in [6, 6.07) is 20.5. The molecule has 188 valence electrons. The molecule has 0 aliphatic rings. The van der Waals surface area contributed by atoms with Crippen LogP contribution in [0.5, 0.6) is 0 Å². The summed E-state index contributed by atoms with van der Waals surface area (Å²) >= 11 is 0. The van der Waals surface area contributed by atoms with Gasteiger partial charge >= 0.3 is 0 Å². The van der Waals surface area contributed by atoms with Crippen LogP contribution in [0.25, 0.3) is 6.08 Å². The number of halogens is 2. The van der Waals surface area contributed by atoms with Crippen LogP contribution in [0, 0.1) is 11.6 Å². The first kappa shape index (κ1) is 25.9. The van der Waals surface area contributed by atoms with E-state index >= 15 is 0 Å². The highest BCUT2D eigenvalue weighted by molar-refractivity contribution is 7.89. The number of sulfonamides is 1. The van der Waals surface area contributed by atoms with Gasteiger partial charge in [0.1, 0.15) is 11.6 Å². The van der Waals surface area contributed by atoms with Crippen molar-refractivity contribution in [2.75, 3.05) is 5.32 Å². The molecule has 9 heteroatoms. The molecule has 1 N–H and O–H groups in total. The standard InChI is InChI=1S/C28H23F2N3O3S/c29-24-7-4-22(5-8-24)19-33(20-23-2-1-3-25(30)18-23)37(35,36)27-11-9-26(10-12-27)32-28(34)13-6-21-14-16-31-17-15-21/h1-18H,19-20H2,(H,32,34)/b13-6+. The third-order valence-electron chi connectivity index (χ3n) is 5.41. The number of aromatic nitrogens is 1. The van der Waals surface area contributed by atoms with E-state index in [2.05, 4.69) is 10.3 Å². The number of nitrogens with zero attached hydrogens (tertiary/aromatic N) is 2. The van der Waals surface area contributed by atoms with E-state index in [1.807, 2.05) is 0 Å². The van der Waals surface area contributed by atoms with Gasteiger partial charge in [-0.1, -0.05) is 24.3 Å². The van der Waals surface area contributed by atoms with Crippen molar-refractivity contribution in [3.63, 3.8) is 0 Å². The molecule has 6 nitrogen and oxygen atoms in total. The van der Waals surface area contributed by atoms with Crippen molar-refractivity contribution >= 4 is 27.7 Å². The van der Waals surface area contributed by atoms with Crippen LogP contribution in [0.4, 0.5) is 14.5 Å². The van der Waals surface area contributed by atoms with Crippen molar-refractivity contribution in [1.29, 1.82) is 0 Å². The van der Waals surface area contributed by atoms with Gasteiger partial charge in [0.25, 0.3) is 0 Å². The molecule has 0 aliphatic carbocycles. The van der Waals surface area contributed by atoms with Gasteiger partial charge < -0.3 is 5.32 Å². The van der Waals surface area contributed by atoms with E-state index in [9.17, 15) is 22.0 Å². The molecule has 0 bridgehead atoms. The van der Waals surface area contributed by atoms with Crippen molar-refractivity contribution in [1.82, 2.24) is 9.29 Å². The highest BCUT2D eigenvalue weighted by Crippen LogP contribution is 2.23. The number of hydrogen-bond donors (Lipinski definition) is 1. The zero-order valence-electron chi connectivity index (χ0n) is 19.6. The van der Waals surface area contributed by atoms with E-state index < -0.39 is 21.7 Å². The maximum absolute atomic E-state index is 13.8. The Morgan fingerprint density at radius 2 is 1.51 bits per heavy atom. The van der Waals surface area contributed by atoms with Gasteiger partial charge in [0.15, 0.2) is 0 Å². The molecule has 0 saturated carbocycles. The molecule has 37 heavy (non-hydrogen) atoms. The number of amides is 1. The largest absolute Gasteiger partial charge is 0.323 e. The second-order valence-corrected chi connectivity index (χ2v) is 10.1. The Bertz CT molecular complexity index is 1490. The average molecular weight is 520 g/mol. The molecule has 0 unspecified atom stereocenters. The number of pyridine rings is 1. The highest BCUT2D eigenvalue weighted by atomic mass is 32.2. The van der Waals surface area contributed by atoms with Gasteiger partial charge in [-0.15, -0.1) is 0 Å². The second kappa shape index (κ2) is 11.7. The SMILES string of the molecule is O=C(/C=C/c1ccncc1)Nc1ccc(S(=O)(=O)N(Cc2ccc(F)cc2)Cc2cccc(F)c2)cc1. The van der Waals surface area contributed by atoms with Gasteiger partial charge in [-0.25, -0.2) is 17.2 Å². The van der Waals surface area contributed by atoms with E-state index in [0.29, 0.717) is 16.8 Å². The second-order valence-electron chi connectivity index (χ2n) is 8.16. The first-order chi connectivity index (χ1) is 17.8. The Morgan fingerprint density at radius 1 is 0.838 bits per heavy atom. The number of nitrogens with one attached hydrogen (secondary N) is 1. The van der Waals surface area contributed by atoms with Crippen molar-refractivity contribution in [3.05, 3.63) is 132 Å². The number of rotatable bonds is 9. The maximum Gasteiger partial charge on any atom is 0.248 e. The summed E-state index contributed by atoms with van der Waals surface area (Å²) in [7, 11) is -4.03. The number of carbonyl (C=O) groups excluding carboxylic acids is 1. The molecule has 0 saturated heterocycles. The van der Waals surface area contributed by atoms with Crippen molar-refractivity contribution in [2.24, 2.45) is 0 Å². The fourth-order valence-corrected chi connectivity index (χ4v) is 4.96. The van der Waals surface area contributed by atoms with Crippen molar-refractivity contribution in [3.8, 4) is 0 Å². The lowest BCUT2D eigenvalue weighted by Crippen LogP contribution is -2.30. The van der Waals surface area contributed by atoms with Gasteiger partial charge in [-0.3, -0.25) is 9.78 Å². The molecule has 0 atom stereocenters. The molecule has 1 heterocycles. The van der Waals surface area contributed by atoms with Crippen molar-refractivity contribution < 1.29 is 22.0 Å². The fraction of sp³-hybridized carbons (Fsp3) is 0.0714. The average Bonchev–Trinajstić information content (AvgIpc) is 2.89. The first-order valence-corrected chi connectivity index (χ1v) is 12.7. The fourth-order valence-electron chi connectivity index (χ4n) is 3.55. The maximum atomic E-state index is 13.8. The minimum atomic E-state index is -4.03. The van der Waals surface area contributed by atoms with Crippen LogP contribution in [0.1, 0.15) is 16.7 Å². The van der Waals surface area contributed by atoms with E-state index in [1.165, 1.54) is 77.1 Å². The Balaban J connectivity index is 1.53. The predicted molar refractivity (Wildman–Crippen MR) is 138 cm³/mol. The van der Waals surface area contributed by atoms with Crippen LogP contribution in [-0.2, 0) is 27.9 Å². The third-order valence-corrected chi connectivity index (χ3v) is 7.22. The number of benzene rings is 3. The van der Waals surface area contributed by atoms with E-state index in [1.54, 1.807) is 36.7 Å². The number of carbonyl (C=O) groups is 1. The number of hydrogen-bond acceptors (Lipinski definition) is 4. The minimum Gasteiger partial charge on any atom is -0.323 e. The summed E-state index contributed by atoms with van der Waals surface area (Å²) in [5.74, 6) is -1.29. The first-order valence-electron chi connectivity index (χ1n) is 11.3. The topological polar surface area (TPSA) is 79.4 Å². The predicted octanol–water partition coefficient (Wildman–Crippen LogP) is 5.40. The minimum absolute atomic E-state index is 0.00339. The van der Waals surface area contributed by atoms with Crippen LogP contribution in [0.2, 0.25) is 0 Å². The summed E-state index contributed by atoms with van der Waals surface area (Å²) in [4.78, 5) is 16.1. The van der Waals surface area contributed by atoms with Crippen LogP contribution in [0.3, 0.4) is 0 Å². The van der Waals surface area contributed by atoms with Gasteiger partial charge in [-0.2, -0.15) is 4.31 Å². The zero-order chi connectivity index (χ0) is 26.3. The van der Waals surface area contributed by atoms with E-state index in [0.717, 1.165) is 5.56 Å². The Kier molecular flexibility index (Phi) is 8.17. The number of anilines is 1. The lowest BCUT2D eigenvalue weighted by atomic mass is 10.2. The van der Waals surface area contributed by atoms with E-state index in [-0.39, 0.29) is 23.9 Å². The van der Waals surface area contributed by atoms with Crippen LogP contribution in [0.15, 0.2) is 108 Å².